The molecule has 1 aromatic carbocycles. The summed E-state index contributed by atoms with van der Waals surface area (Å²) in [7, 11) is 1.70. The van der Waals surface area contributed by atoms with Crippen LogP contribution in [0.2, 0.25) is 0 Å². The second kappa shape index (κ2) is 7.76. The molecule has 2 aromatic rings. The number of rotatable bonds is 7. The Bertz CT molecular complexity index is 568. The van der Waals surface area contributed by atoms with Crippen LogP contribution in [0.3, 0.4) is 0 Å². The molecule has 0 aliphatic carbocycles. The first-order valence-corrected chi connectivity index (χ1v) is 7.09. The molecule has 21 heavy (non-hydrogen) atoms. The van der Waals surface area contributed by atoms with E-state index < -0.39 is 0 Å². The average molecular weight is 286 g/mol. The van der Waals surface area contributed by atoms with E-state index in [1.54, 1.807) is 7.11 Å². The van der Waals surface area contributed by atoms with E-state index in [1.165, 1.54) is 5.56 Å². The zero-order chi connectivity index (χ0) is 15.1. The van der Waals surface area contributed by atoms with E-state index in [4.69, 9.17) is 9.47 Å². The van der Waals surface area contributed by atoms with Crippen LogP contribution in [0.1, 0.15) is 16.7 Å². The highest BCUT2D eigenvalue weighted by Crippen LogP contribution is 2.24. The summed E-state index contributed by atoms with van der Waals surface area (Å²) in [5.74, 6) is 1.46. The van der Waals surface area contributed by atoms with Gasteiger partial charge in [0.25, 0.3) is 0 Å². The van der Waals surface area contributed by atoms with Crippen LogP contribution in [0.25, 0.3) is 0 Å². The van der Waals surface area contributed by atoms with Crippen molar-refractivity contribution in [3.05, 3.63) is 53.2 Å². The molecule has 0 unspecified atom stereocenters. The van der Waals surface area contributed by atoms with Crippen molar-refractivity contribution < 1.29 is 9.47 Å². The molecule has 0 amide bonds. The highest BCUT2D eigenvalue weighted by Gasteiger charge is 2.03. The largest absolute Gasteiger partial charge is 0.439 e. The molecule has 0 aliphatic rings. The molecule has 1 heterocycles. The number of pyridine rings is 1. The number of benzene rings is 1. The number of hydrogen-bond acceptors (Lipinski definition) is 4. The number of nitrogens with zero attached hydrogens (tertiary/aromatic N) is 1. The van der Waals surface area contributed by atoms with Gasteiger partial charge >= 0.3 is 0 Å². The molecular formula is C17H22N2O2. The van der Waals surface area contributed by atoms with Gasteiger partial charge in [-0.1, -0.05) is 23.8 Å². The van der Waals surface area contributed by atoms with Gasteiger partial charge in [-0.3, -0.25) is 0 Å². The second-order valence-electron chi connectivity index (χ2n) is 5.05. The van der Waals surface area contributed by atoms with Gasteiger partial charge in [-0.15, -0.1) is 0 Å². The van der Waals surface area contributed by atoms with Crippen LogP contribution in [0.15, 0.2) is 36.5 Å². The first-order chi connectivity index (χ1) is 10.2. The first kappa shape index (κ1) is 15.5. The minimum absolute atomic E-state index is 0.614. The molecule has 0 spiro atoms. The van der Waals surface area contributed by atoms with Crippen LogP contribution < -0.4 is 10.1 Å². The standard InChI is InChI=1S/C17H22N2O2/c1-13-4-6-16(14(2)10-13)21-17-7-5-15(12-19-17)11-18-8-9-20-3/h4-7,10,12,18H,8-9,11H2,1-3H3. The Hall–Kier alpha value is -1.91. The minimum atomic E-state index is 0.614. The Morgan fingerprint density at radius 2 is 2.00 bits per heavy atom. The molecule has 0 fully saturated rings. The predicted octanol–water partition coefficient (Wildman–Crippen LogP) is 3.23. The van der Waals surface area contributed by atoms with Crippen LogP contribution >= 0.6 is 0 Å². The van der Waals surface area contributed by atoms with Crippen molar-refractivity contribution in [3.8, 4) is 11.6 Å². The molecule has 4 heteroatoms. The molecule has 4 nitrogen and oxygen atoms in total. The third kappa shape index (κ3) is 4.85. The maximum atomic E-state index is 5.81. The summed E-state index contributed by atoms with van der Waals surface area (Å²) in [6, 6.07) is 10.0. The van der Waals surface area contributed by atoms with Crippen LogP contribution in [-0.2, 0) is 11.3 Å². The van der Waals surface area contributed by atoms with E-state index in [9.17, 15) is 0 Å². The number of hydrogen-bond donors (Lipinski definition) is 1. The van der Waals surface area contributed by atoms with Crippen molar-refractivity contribution >= 4 is 0 Å². The molecule has 0 atom stereocenters. The third-order valence-corrected chi connectivity index (χ3v) is 3.15. The van der Waals surface area contributed by atoms with Gasteiger partial charge in [0.1, 0.15) is 5.75 Å². The molecular weight excluding hydrogens is 264 g/mol. The van der Waals surface area contributed by atoms with Crippen LogP contribution in [0.5, 0.6) is 11.6 Å². The fourth-order valence-corrected chi connectivity index (χ4v) is 2.01. The molecule has 112 valence electrons. The maximum absolute atomic E-state index is 5.81. The number of aromatic nitrogens is 1. The lowest BCUT2D eigenvalue weighted by Gasteiger charge is -2.09. The monoisotopic (exact) mass is 286 g/mol. The topological polar surface area (TPSA) is 43.4 Å². The zero-order valence-corrected chi connectivity index (χ0v) is 12.8. The first-order valence-electron chi connectivity index (χ1n) is 7.09. The van der Waals surface area contributed by atoms with Gasteiger partial charge in [-0.05, 0) is 31.0 Å². The lowest BCUT2D eigenvalue weighted by atomic mass is 10.1. The number of methoxy groups -OCH3 is 1. The molecule has 2 rings (SSSR count). The normalized spacial score (nSPS) is 10.6. The molecule has 1 aromatic heterocycles. The smallest absolute Gasteiger partial charge is 0.219 e. The number of nitrogens with one attached hydrogen (secondary N) is 1. The summed E-state index contributed by atoms with van der Waals surface area (Å²) in [4.78, 5) is 4.34. The number of aryl methyl sites for hydroxylation is 2. The van der Waals surface area contributed by atoms with E-state index in [0.29, 0.717) is 12.5 Å². The predicted molar refractivity (Wildman–Crippen MR) is 83.8 cm³/mol. The quantitative estimate of drug-likeness (QED) is 0.794. The molecule has 0 saturated carbocycles. The summed E-state index contributed by atoms with van der Waals surface area (Å²) < 4.78 is 10.8. The summed E-state index contributed by atoms with van der Waals surface area (Å²) in [5, 5.41) is 3.28. The van der Waals surface area contributed by atoms with Gasteiger partial charge in [0.05, 0.1) is 6.61 Å². The van der Waals surface area contributed by atoms with E-state index in [-0.39, 0.29) is 0 Å². The van der Waals surface area contributed by atoms with Gasteiger partial charge in [0.15, 0.2) is 0 Å². The molecule has 1 N–H and O–H groups in total. The summed E-state index contributed by atoms with van der Waals surface area (Å²) in [5.41, 5.74) is 3.46. The third-order valence-electron chi connectivity index (χ3n) is 3.15. The lowest BCUT2D eigenvalue weighted by Crippen LogP contribution is -2.18. The van der Waals surface area contributed by atoms with E-state index in [1.807, 2.05) is 37.4 Å². The summed E-state index contributed by atoms with van der Waals surface area (Å²) >= 11 is 0. The number of ether oxygens (including phenoxy) is 2. The van der Waals surface area contributed by atoms with Crippen LogP contribution in [0.4, 0.5) is 0 Å². The Kier molecular flexibility index (Phi) is 5.72. The van der Waals surface area contributed by atoms with Gasteiger partial charge in [-0.2, -0.15) is 0 Å². The molecule has 0 radical (unpaired) electrons. The van der Waals surface area contributed by atoms with Crippen molar-refractivity contribution in [1.82, 2.24) is 10.3 Å². The minimum Gasteiger partial charge on any atom is -0.439 e. The molecule has 0 bridgehead atoms. The lowest BCUT2D eigenvalue weighted by molar-refractivity contribution is 0.199. The van der Waals surface area contributed by atoms with E-state index >= 15 is 0 Å². The SMILES string of the molecule is COCCNCc1ccc(Oc2ccc(C)cc2C)nc1. The van der Waals surface area contributed by atoms with Crippen LogP contribution in [0, 0.1) is 13.8 Å². The Morgan fingerprint density at radius 1 is 1.14 bits per heavy atom. The van der Waals surface area contributed by atoms with Crippen molar-refractivity contribution in [2.24, 2.45) is 0 Å². The summed E-state index contributed by atoms with van der Waals surface area (Å²) in [6.07, 6.45) is 1.83. The maximum Gasteiger partial charge on any atom is 0.219 e. The molecule has 0 saturated heterocycles. The zero-order valence-electron chi connectivity index (χ0n) is 12.8. The Morgan fingerprint density at radius 3 is 2.67 bits per heavy atom. The summed E-state index contributed by atoms with van der Waals surface area (Å²) in [6.45, 7) is 6.43. The van der Waals surface area contributed by atoms with E-state index in [2.05, 4.69) is 23.3 Å². The van der Waals surface area contributed by atoms with Crippen molar-refractivity contribution in [3.63, 3.8) is 0 Å². The average Bonchev–Trinajstić information content (AvgIpc) is 2.48. The highest BCUT2D eigenvalue weighted by molar-refractivity contribution is 5.38. The van der Waals surface area contributed by atoms with Gasteiger partial charge < -0.3 is 14.8 Å². The van der Waals surface area contributed by atoms with Crippen molar-refractivity contribution in [2.45, 2.75) is 20.4 Å². The van der Waals surface area contributed by atoms with Crippen molar-refractivity contribution in [1.29, 1.82) is 0 Å². The second-order valence-corrected chi connectivity index (χ2v) is 5.05. The van der Waals surface area contributed by atoms with Crippen LogP contribution in [-0.4, -0.2) is 25.2 Å². The van der Waals surface area contributed by atoms with Crippen molar-refractivity contribution in [2.75, 3.05) is 20.3 Å². The van der Waals surface area contributed by atoms with Gasteiger partial charge in [0.2, 0.25) is 5.88 Å². The Balaban J connectivity index is 1.92. The van der Waals surface area contributed by atoms with Gasteiger partial charge in [0, 0.05) is 32.5 Å². The fourth-order valence-electron chi connectivity index (χ4n) is 2.01. The Labute approximate surface area is 126 Å². The fraction of sp³-hybridized carbons (Fsp3) is 0.353. The van der Waals surface area contributed by atoms with E-state index in [0.717, 1.165) is 30.0 Å². The highest BCUT2D eigenvalue weighted by atomic mass is 16.5. The molecule has 0 aliphatic heterocycles. The van der Waals surface area contributed by atoms with Gasteiger partial charge in [-0.25, -0.2) is 4.98 Å².